The number of hydrogen-bond donors (Lipinski definition) is 2. The fourth-order valence-corrected chi connectivity index (χ4v) is 5.18. The van der Waals surface area contributed by atoms with Gasteiger partial charge in [-0.1, -0.05) is 60.7 Å². The van der Waals surface area contributed by atoms with Crippen LogP contribution in [0.3, 0.4) is 0 Å². The van der Waals surface area contributed by atoms with Gasteiger partial charge in [0.25, 0.3) is 0 Å². The second kappa shape index (κ2) is 14.7. The van der Waals surface area contributed by atoms with Crippen LogP contribution in [0.5, 0.6) is 17.2 Å². The average molecular weight is 503 g/mol. The minimum atomic E-state index is 0.465. The fourth-order valence-electron chi connectivity index (χ4n) is 5.18. The van der Waals surface area contributed by atoms with E-state index in [1.807, 2.05) is 42.5 Å². The summed E-state index contributed by atoms with van der Waals surface area (Å²) in [5.74, 6) is 2.86. The summed E-state index contributed by atoms with van der Waals surface area (Å²) in [6.45, 7) is 3.25. The van der Waals surface area contributed by atoms with Crippen LogP contribution in [0.1, 0.15) is 48.8 Å². The molecular weight excluding hydrogens is 460 g/mol. The Balaban J connectivity index is 1.14. The Morgan fingerprint density at radius 1 is 0.730 bits per heavy atom. The third-order valence-corrected chi connectivity index (χ3v) is 7.25. The summed E-state index contributed by atoms with van der Waals surface area (Å²) in [7, 11) is 3.34. The summed E-state index contributed by atoms with van der Waals surface area (Å²) >= 11 is 0. The Hall–Kier alpha value is -3.02. The van der Waals surface area contributed by atoms with E-state index in [1.165, 1.54) is 37.7 Å². The van der Waals surface area contributed by atoms with Crippen LogP contribution < -0.4 is 24.8 Å². The number of ether oxygens (including phenoxy) is 3. The van der Waals surface area contributed by atoms with Crippen LogP contribution in [0.2, 0.25) is 0 Å². The first kappa shape index (κ1) is 27.0. The monoisotopic (exact) mass is 502 g/mol. The summed E-state index contributed by atoms with van der Waals surface area (Å²) in [5.41, 5.74) is 3.70. The second-order valence-electron chi connectivity index (χ2n) is 10.00. The van der Waals surface area contributed by atoms with Crippen LogP contribution in [0, 0.1) is 5.92 Å². The molecule has 0 unspecified atom stereocenters. The van der Waals surface area contributed by atoms with Gasteiger partial charge in [-0.15, -0.1) is 0 Å². The first-order chi connectivity index (χ1) is 18.2. The minimum absolute atomic E-state index is 0.465. The lowest BCUT2D eigenvalue weighted by Gasteiger charge is -2.29. The molecule has 0 amide bonds. The van der Waals surface area contributed by atoms with Crippen LogP contribution in [-0.4, -0.2) is 33.4 Å². The lowest BCUT2D eigenvalue weighted by molar-refractivity contribution is 0.265. The third kappa shape index (κ3) is 8.51. The highest BCUT2D eigenvalue weighted by molar-refractivity contribution is 5.54. The van der Waals surface area contributed by atoms with Crippen molar-refractivity contribution in [3.8, 4) is 17.2 Å². The van der Waals surface area contributed by atoms with E-state index in [0.717, 1.165) is 43.1 Å². The molecule has 5 heteroatoms. The molecule has 0 heterocycles. The molecule has 3 aromatic rings. The fraction of sp³-hybridized carbons (Fsp3) is 0.438. The van der Waals surface area contributed by atoms with Crippen molar-refractivity contribution in [1.29, 1.82) is 0 Å². The number of hydrogen-bond acceptors (Lipinski definition) is 5. The van der Waals surface area contributed by atoms with Gasteiger partial charge in [-0.3, -0.25) is 0 Å². The van der Waals surface area contributed by atoms with Crippen LogP contribution in [0.25, 0.3) is 0 Å². The zero-order valence-electron chi connectivity index (χ0n) is 22.4. The molecule has 198 valence electrons. The quantitative estimate of drug-likeness (QED) is 0.259. The number of rotatable bonds is 14. The van der Waals surface area contributed by atoms with Gasteiger partial charge >= 0.3 is 0 Å². The molecule has 0 atom stereocenters. The molecule has 2 N–H and O–H groups in total. The van der Waals surface area contributed by atoms with E-state index in [4.69, 9.17) is 14.2 Å². The van der Waals surface area contributed by atoms with Crippen molar-refractivity contribution in [2.75, 3.05) is 27.3 Å². The zero-order valence-corrected chi connectivity index (χ0v) is 22.4. The number of benzene rings is 3. The Bertz CT molecular complexity index is 1030. The molecule has 0 saturated heterocycles. The maximum absolute atomic E-state index is 6.06. The summed E-state index contributed by atoms with van der Waals surface area (Å²) in [4.78, 5) is 0. The predicted molar refractivity (Wildman–Crippen MR) is 151 cm³/mol. The summed E-state index contributed by atoms with van der Waals surface area (Å²) in [6, 6.07) is 25.8. The van der Waals surface area contributed by atoms with Crippen LogP contribution in [-0.2, 0) is 19.6 Å². The van der Waals surface area contributed by atoms with Gasteiger partial charge in [-0.25, -0.2) is 0 Å². The van der Waals surface area contributed by atoms with Crippen molar-refractivity contribution in [3.05, 3.63) is 89.5 Å². The molecular formula is C32H42N2O3. The van der Waals surface area contributed by atoms with Gasteiger partial charge in [0.1, 0.15) is 6.61 Å². The van der Waals surface area contributed by atoms with Gasteiger partial charge in [-0.2, -0.15) is 0 Å². The van der Waals surface area contributed by atoms with Crippen molar-refractivity contribution in [2.45, 2.75) is 57.7 Å². The Morgan fingerprint density at radius 3 is 1.97 bits per heavy atom. The Labute approximate surface area is 222 Å². The van der Waals surface area contributed by atoms with Gasteiger partial charge in [0.2, 0.25) is 5.75 Å². The Kier molecular flexibility index (Phi) is 10.7. The van der Waals surface area contributed by atoms with E-state index < -0.39 is 0 Å². The van der Waals surface area contributed by atoms with E-state index in [2.05, 4.69) is 41.0 Å². The highest BCUT2D eigenvalue weighted by atomic mass is 16.5. The van der Waals surface area contributed by atoms with Crippen molar-refractivity contribution in [3.63, 3.8) is 0 Å². The zero-order chi connectivity index (χ0) is 25.7. The molecule has 0 bridgehead atoms. The molecule has 0 spiro atoms. The van der Waals surface area contributed by atoms with E-state index in [1.54, 1.807) is 14.2 Å². The second-order valence-corrected chi connectivity index (χ2v) is 10.00. The molecule has 0 aliphatic heterocycles. The van der Waals surface area contributed by atoms with Gasteiger partial charge in [0, 0.05) is 12.6 Å². The van der Waals surface area contributed by atoms with Gasteiger partial charge < -0.3 is 24.8 Å². The summed E-state index contributed by atoms with van der Waals surface area (Å²) < 4.78 is 17.3. The van der Waals surface area contributed by atoms with Crippen molar-refractivity contribution in [1.82, 2.24) is 10.6 Å². The van der Waals surface area contributed by atoms with E-state index in [9.17, 15) is 0 Å². The lowest BCUT2D eigenvalue weighted by atomic mass is 9.82. The number of methoxy groups -OCH3 is 2. The van der Waals surface area contributed by atoms with Crippen molar-refractivity contribution >= 4 is 0 Å². The molecule has 1 aliphatic rings. The normalized spacial score (nSPS) is 17.4. The van der Waals surface area contributed by atoms with Crippen LogP contribution in [0.4, 0.5) is 0 Å². The molecule has 1 fully saturated rings. The molecule has 1 aliphatic carbocycles. The minimum Gasteiger partial charge on any atom is -0.493 e. The first-order valence-corrected chi connectivity index (χ1v) is 13.6. The summed E-state index contributed by atoms with van der Waals surface area (Å²) in [6.07, 6.45) is 7.59. The standard InChI is InChI=1S/C32H42N2O3/c1-35-30-21-28(22-31(36-2)32(30)37-24-27-12-7-4-8-13-27)23-33-18-9-19-34-29-16-14-26(15-17-29)20-25-10-5-3-6-11-25/h3-8,10-13,21-22,26,29,33-34H,9,14-20,23-24H2,1-2H3. The predicted octanol–water partition coefficient (Wildman–Crippen LogP) is 6.15. The van der Waals surface area contributed by atoms with Crippen molar-refractivity contribution < 1.29 is 14.2 Å². The smallest absolute Gasteiger partial charge is 0.203 e. The van der Waals surface area contributed by atoms with Gasteiger partial charge in [0.15, 0.2) is 11.5 Å². The SMILES string of the molecule is COc1cc(CNCCCNC2CCC(Cc3ccccc3)CC2)cc(OC)c1OCc1ccccc1. The number of nitrogens with one attached hydrogen (secondary N) is 2. The molecule has 37 heavy (non-hydrogen) atoms. The van der Waals surface area contributed by atoms with E-state index in [0.29, 0.717) is 29.9 Å². The molecule has 3 aromatic carbocycles. The maximum atomic E-state index is 6.06. The first-order valence-electron chi connectivity index (χ1n) is 13.6. The van der Waals surface area contributed by atoms with E-state index in [-0.39, 0.29) is 0 Å². The van der Waals surface area contributed by atoms with Gasteiger partial charge in [-0.05, 0) is 86.4 Å². The largest absolute Gasteiger partial charge is 0.493 e. The third-order valence-electron chi connectivity index (χ3n) is 7.25. The topological polar surface area (TPSA) is 51.8 Å². The molecule has 1 saturated carbocycles. The maximum Gasteiger partial charge on any atom is 0.203 e. The average Bonchev–Trinajstić information content (AvgIpc) is 2.95. The lowest BCUT2D eigenvalue weighted by Crippen LogP contribution is -2.35. The molecule has 5 nitrogen and oxygen atoms in total. The molecule has 0 aromatic heterocycles. The van der Waals surface area contributed by atoms with Crippen LogP contribution >= 0.6 is 0 Å². The molecule has 0 radical (unpaired) electrons. The summed E-state index contributed by atoms with van der Waals surface area (Å²) in [5, 5.41) is 7.34. The van der Waals surface area contributed by atoms with Gasteiger partial charge in [0.05, 0.1) is 14.2 Å². The molecule has 4 rings (SSSR count). The highest BCUT2D eigenvalue weighted by Gasteiger charge is 2.20. The van der Waals surface area contributed by atoms with E-state index >= 15 is 0 Å². The van der Waals surface area contributed by atoms with Crippen LogP contribution in [0.15, 0.2) is 72.8 Å². The Morgan fingerprint density at radius 2 is 1.35 bits per heavy atom. The highest BCUT2D eigenvalue weighted by Crippen LogP contribution is 2.39. The van der Waals surface area contributed by atoms with Crippen molar-refractivity contribution in [2.24, 2.45) is 5.92 Å².